The fourth-order valence-corrected chi connectivity index (χ4v) is 1.96. The smallest absolute Gasteiger partial charge is 0.138 e. The number of ether oxygens (including phenoxy) is 1. The van der Waals surface area contributed by atoms with Crippen molar-refractivity contribution in [1.29, 1.82) is 0 Å². The Bertz CT molecular complexity index is 514. The van der Waals surface area contributed by atoms with Crippen LogP contribution in [0, 0.1) is 0 Å². The fraction of sp³-hybridized carbons (Fsp3) is 0.333. The van der Waals surface area contributed by atoms with E-state index in [2.05, 4.69) is 15.3 Å². The lowest BCUT2D eigenvalue weighted by atomic mass is 10.1. The van der Waals surface area contributed by atoms with E-state index in [0.717, 1.165) is 17.0 Å². The highest BCUT2D eigenvalue weighted by molar-refractivity contribution is 5.31. The van der Waals surface area contributed by atoms with Crippen molar-refractivity contribution >= 4 is 0 Å². The molecule has 100 valence electrons. The third kappa shape index (κ3) is 3.51. The highest BCUT2D eigenvalue weighted by Gasteiger charge is 2.14. The summed E-state index contributed by atoms with van der Waals surface area (Å²) in [6, 6.07) is 7.91. The fourth-order valence-electron chi connectivity index (χ4n) is 1.96. The summed E-state index contributed by atoms with van der Waals surface area (Å²) in [5.74, 6) is 0.781. The van der Waals surface area contributed by atoms with Crippen molar-refractivity contribution in [3.8, 4) is 5.75 Å². The molecule has 0 radical (unpaired) electrons. The van der Waals surface area contributed by atoms with E-state index in [4.69, 9.17) is 4.74 Å². The second-order valence-electron chi connectivity index (χ2n) is 4.60. The van der Waals surface area contributed by atoms with Gasteiger partial charge >= 0.3 is 0 Å². The Hall–Kier alpha value is -1.94. The number of aromatic nitrogens is 2. The third-order valence-electron chi connectivity index (χ3n) is 2.71. The average Bonchev–Trinajstić information content (AvgIpc) is 2.40. The number of nitrogens with one attached hydrogen (secondary N) is 1. The molecule has 0 aromatic carbocycles. The first kappa shape index (κ1) is 13.5. The summed E-state index contributed by atoms with van der Waals surface area (Å²) in [4.78, 5) is 8.63. The normalized spacial score (nSPS) is 12.4. The van der Waals surface area contributed by atoms with Crippen molar-refractivity contribution < 1.29 is 4.74 Å². The number of pyridine rings is 2. The SMILES string of the molecule is CNC(c1cncc(OC(C)C)c1)c1ccccn1. The summed E-state index contributed by atoms with van der Waals surface area (Å²) in [5.41, 5.74) is 2.01. The Morgan fingerprint density at radius 1 is 1.21 bits per heavy atom. The van der Waals surface area contributed by atoms with Gasteiger partial charge < -0.3 is 10.1 Å². The van der Waals surface area contributed by atoms with Crippen molar-refractivity contribution in [1.82, 2.24) is 15.3 Å². The van der Waals surface area contributed by atoms with Crippen LogP contribution in [0.25, 0.3) is 0 Å². The van der Waals surface area contributed by atoms with E-state index in [1.54, 1.807) is 12.4 Å². The molecule has 0 spiro atoms. The third-order valence-corrected chi connectivity index (χ3v) is 2.71. The number of hydrogen-bond donors (Lipinski definition) is 1. The van der Waals surface area contributed by atoms with Gasteiger partial charge in [-0.1, -0.05) is 6.07 Å². The van der Waals surface area contributed by atoms with E-state index in [1.807, 2.05) is 51.4 Å². The van der Waals surface area contributed by atoms with Crippen LogP contribution in [0.4, 0.5) is 0 Å². The largest absolute Gasteiger partial charge is 0.489 e. The van der Waals surface area contributed by atoms with Gasteiger partial charge in [0.2, 0.25) is 0 Å². The summed E-state index contributed by atoms with van der Waals surface area (Å²) in [5, 5.41) is 3.26. The molecule has 0 aliphatic carbocycles. The van der Waals surface area contributed by atoms with Crippen LogP contribution in [-0.4, -0.2) is 23.1 Å². The standard InChI is InChI=1S/C15H19N3O/c1-11(2)19-13-8-12(9-17-10-13)15(16-3)14-6-4-5-7-18-14/h4-11,15-16H,1-3H3. The van der Waals surface area contributed by atoms with Crippen LogP contribution in [-0.2, 0) is 0 Å². The molecule has 4 nitrogen and oxygen atoms in total. The second-order valence-corrected chi connectivity index (χ2v) is 4.60. The molecule has 2 aromatic heterocycles. The predicted molar refractivity (Wildman–Crippen MR) is 75.1 cm³/mol. The van der Waals surface area contributed by atoms with E-state index in [9.17, 15) is 0 Å². The van der Waals surface area contributed by atoms with Gasteiger partial charge in [0.05, 0.1) is 24.0 Å². The van der Waals surface area contributed by atoms with E-state index in [-0.39, 0.29) is 12.1 Å². The molecular weight excluding hydrogens is 238 g/mol. The average molecular weight is 257 g/mol. The van der Waals surface area contributed by atoms with Crippen molar-refractivity contribution in [2.45, 2.75) is 26.0 Å². The molecule has 0 bridgehead atoms. The maximum absolute atomic E-state index is 5.67. The van der Waals surface area contributed by atoms with Crippen LogP contribution < -0.4 is 10.1 Å². The summed E-state index contributed by atoms with van der Waals surface area (Å²) in [6.45, 7) is 4.00. The molecule has 2 aromatic rings. The minimum Gasteiger partial charge on any atom is -0.489 e. The van der Waals surface area contributed by atoms with Gasteiger partial charge in [-0.05, 0) is 44.7 Å². The molecule has 1 atom stereocenters. The van der Waals surface area contributed by atoms with Crippen molar-refractivity contribution in [3.05, 3.63) is 54.1 Å². The Morgan fingerprint density at radius 3 is 2.68 bits per heavy atom. The Morgan fingerprint density at radius 2 is 2.05 bits per heavy atom. The predicted octanol–water partition coefficient (Wildman–Crippen LogP) is 2.57. The monoisotopic (exact) mass is 257 g/mol. The quantitative estimate of drug-likeness (QED) is 0.894. The molecular formula is C15H19N3O. The zero-order chi connectivity index (χ0) is 13.7. The summed E-state index contributed by atoms with van der Waals surface area (Å²) >= 11 is 0. The van der Waals surface area contributed by atoms with E-state index in [1.165, 1.54) is 0 Å². The van der Waals surface area contributed by atoms with Crippen molar-refractivity contribution in [3.63, 3.8) is 0 Å². The highest BCUT2D eigenvalue weighted by Crippen LogP contribution is 2.22. The molecule has 0 aliphatic heterocycles. The zero-order valence-corrected chi connectivity index (χ0v) is 11.5. The molecule has 2 rings (SSSR count). The Balaban J connectivity index is 2.28. The molecule has 1 N–H and O–H groups in total. The lowest BCUT2D eigenvalue weighted by molar-refractivity contribution is 0.241. The van der Waals surface area contributed by atoms with Gasteiger partial charge in [-0.3, -0.25) is 9.97 Å². The molecule has 19 heavy (non-hydrogen) atoms. The van der Waals surface area contributed by atoms with Gasteiger partial charge in [0, 0.05) is 12.4 Å². The number of nitrogens with zero attached hydrogens (tertiary/aromatic N) is 2. The maximum Gasteiger partial charge on any atom is 0.138 e. The zero-order valence-electron chi connectivity index (χ0n) is 11.5. The van der Waals surface area contributed by atoms with Crippen LogP contribution in [0.2, 0.25) is 0 Å². The van der Waals surface area contributed by atoms with Gasteiger partial charge in [0.25, 0.3) is 0 Å². The van der Waals surface area contributed by atoms with Crippen LogP contribution in [0.15, 0.2) is 42.9 Å². The van der Waals surface area contributed by atoms with E-state index in [0.29, 0.717) is 0 Å². The van der Waals surface area contributed by atoms with Gasteiger partial charge in [-0.25, -0.2) is 0 Å². The number of hydrogen-bond acceptors (Lipinski definition) is 4. The van der Waals surface area contributed by atoms with Crippen molar-refractivity contribution in [2.75, 3.05) is 7.05 Å². The van der Waals surface area contributed by atoms with E-state index < -0.39 is 0 Å². The van der Waals surface area contributed by atoms with Gasteiger partial charge in [-0.15, -0.1) is 0 Å². The van der Waals surface area contributed by atoms with Crippen LogP contribution in [0.5, 0.6) is 5.75 Å². The Labute approximate surface area is 113 Å². The lowest BCUT2D eigenvalue weighted by Crippen LogP contribution is -2.19. The summed E-state index contributed by atoms with van der Waals surface area (Å²) in [7, 11) is 1.91. The van der Waals surface area contributed by atoms with Crippen LogP contribution in [0.3, 0.4) is 0 Å². The van der Waals surface area contributed by atoms with Gasteiger partial charge in [-0.2, -0.15) is 0 Å². The minimum absolute atomic E-state index is 0.0180. The molecule has 0 fully saturated rings. The molecule has 0 aliphatic rings. The summed E-state index contributed by atoms with van der Waals surface area (Å²) in [6.07, 6.45) is 5.50. The highest BCUT2D eigenvalue weighted by atomic mass is 16.5. The van der Waals surface area contributed by atoms with Crippen LogP contribution in [0.1, 0.15) is 31.1 Å². The number of rotatable bonds is 5. The maximum atomic E-state index is 5.67. The Kier molecular flexibility index (Phi) is 4.47. The summed E-state index contributed by atoms with van der Waals surface area (Å²) < 4.78 is 5.67. The molecule has 2 heterocycles. The van der Waals surface area contributed by atoms with Gasteiger partial charge in [0.15, 0.2) is 0 Å². The molecule has 4 heteroatoms. The first-order valence-corrected chi connectivity index (χ1v) is 6.40. The lowest BCUT2D eigenvalue weighted by Gasteiger charge is -2.17. The van der Waals surface area contributed by atoms with Gasteiger partial charge in [0.1, 0.15) is 5.75 Å². The topological polar surface area (TPSA) is 47.0 Å². The first-order chi connectivity index (χ1) is 9.20. The van der Waals surface area contributed by atoms with Crippen LogP contribution >= 0.6 is 0 Å². The van der Waals surface area contributed by atoms with Crippen molar-refractivity contribution in [2.24, 2.45) is 0 Å². The molecule has 0 saturated heterocycles. The molecule has 1 unspecified atom stereocenters. The second kappa shape index (κ2) is 6.29. The first-order valence-electron chi connectivity index (χ1n) is 6.40. The van der Waals surface area contributed by atoms with E-state index >= 15 is 0 Å². The molecule has 0 amide bonds. The minimum atomic E-state index is 0.0180. The molecule has 0 saturated carbocycles.